The van der Waals surface area contributed by atoms with Gasteiger partial charge >= 0.3 is 5.69 Å². The third kappa shape index (κ3) is 3.10. The minimum Gasteiger partial charge on any atom is -0.330 e. The number of aromatic amines is 1. The van der Waals surface area contributed by atoms with E-state index >= 15 is 0 Å². The second-order valence-electron chi connectivity index (χ2n) is 4.45. The molecular formula is C13H19N5O. The van der Waals surface area contributed by atoms with Gasteiger partial charge in [0.05, 0.1) is 11.7 Å². The zero-order valence-electron chi connectivity index (χ0n) is 10.7. The van der Waals surface area contributed by atoms with Crippen LogP contribution in [0.2, 0.25) is 0 Å². The van der Waals surface area contributed by atoms with Crippen molar-refractivity contribution in [2.24, 2.45) is 11.5 Å². The number of H-pyrrole nitrogens is 1. The molecule has 1 heterocycles. The van der Waals surface area contributed by atoms with Gasteiger partial charge in [-0.15, -0.1) is 0 Å². The number of nitrogens with zero attached hydrogens (tertiary/aromatic N) is 2. The maximum absolute atomic E-state index is 11.8. The number of benzene rings is 1. The first-order valence-corrected chi connectivity index (χ1v) is 6.42. The van der Waals surface area contributed by atoms with Gasteiger partial charge in [-0.05, 0) is 31.5 Å². The molecule has 5 N–H and O–H groups in total. The van der Waals surface area contributed by atoms with Gasteiger partial charge in [-0.3, -0.25) is 0 Å². The largest absolute Gasteiger partial charge is 0.347 e. The molecule has 0 fully saturated rings. The Balaban J connectivity index is 2.25. The fourth-order valence-electron chi connectivity index (χ4n) is 2.02. The summed E-state index contributed by atoms with van der Waals surface area (Å²) < 4.78 is 1.52. The molecule has 102 valence electrons. The second-order valence-corrected chi connectivity index (χ2v) is 4.45. The summed E-state index contributed by atoms with van der Waals surface area (Å²) in [6, 6.07) is 9.08. The van der Waals surface area contributed by atoms with Crippen LogP contribution in [0.25, 0.3) is 5.69 Å². The van der Waals surface area contributed by atoms with E-state index in [4.69, 9.17) is 11.5 Å². The van der Waals surface area contributed by atoms with Crippen molar-refractivity contribution in [3.05, 3.63) is 46.6 Å². The fourth-order valence-corrected chi connectivity index (χ4v) is 2.02. The SMILES string of the molecule is NCCCCC(N)c1n[nH]c(=O)n1-c1ccccc1. The first-order chi connectivity index (χ1) is 9.24. The van der Waals surface area contributed by atoms with Crippen LogP contribution in [0.5, 0.6) is 0 Å². The van der Waals surface area contributed by atoms with Crippen LogP contribution in [0.15, 0.2) is 35.1 Å². The van der Waals surface area contributed by atoms with Gasteiger partial charge < -0.3 is 11.5 Å². The Bertz CT molecular complexity index is 560. The number of aromatic nitrogens is 3. The van der Waals surface area contributed by atoms with Crippen LogP contribution < -0.4 is 17.2 Å². The predicted octanol–water partition coefficient (Wildman–Crippen LogP) is 0.689. The number of hydrogen-bond acceptors (Lipinski definition) is 4. The van der Waals surface area contributed by atoms with E-state index < -0.39 is 0 Å². The van der Waals surface area contributed by atoms with E-state index in [0.29, 0.717) is 12.4 Å². The highest BCUT2D eigenvalue weighted by Gasteiger charge is 2.16. The lowest BCUT2D eigenvalue weighted by molar-refractivity contribution is 0.557. The highest BCUT2D eigenvalue weighted by atomic mass is 16.1. The average molecular weight is 261 g/mol. The molecule has 0 bridgehead atoms. The minimum absolute atomic E-state index is 0.268. The van der Waals surface area contributed by atoms with Crippen molar-refractivity contribution in [3.8, 4) is 5.69 Å². The van der Waals surface area contributed by atoms with Crippen LogP contribution in [-0.2, 0) is 0 Å². The van der Waals surface area contributed by atoms with Gasteiger partial charge in [0.1, 0.15) is 0 Å². The van der Waals surface area contributed by atoms with E-state index in [9.17, 15) is 4.79 Å². The van der Waals surface area contributed by atoms with Crippen molar-refractivity contribution < 1.29 is 0 Å². The highest BCUT2D eigenvalue weighted by molar-refractivity contribution is 5.32. The summed E-state index contributed by atoms with van der Waals surface area (Å²) in [5.74, 6) is 0.563. The van der Waals surface area contributed by atoms with Crippen molar-refractivity contribution in [1.29, 1.82) is 0 Å². The van der Waals surface area contributed by atoms with Crippen LogP contribution in [0.3, 0.4) is 0 Å². The van der Waals surface area contributed by atoms with Crippen molar-refractivity contribution in [2.45, 2.75) is 25.3 Å². The number of rotatable bonds is 6. The first-order valence-electron chi connectivity index (χ1n) is 6.42. The summed E-state index contributed by atoms with van der Waals surface area (Å²) in [6.07, 6.45) is 2.61. The standard InChI is InChI=1S/C13H19N5O/c14-9-5-4-8-11(15)12-16-17-13(19)18(12)10-6-2-1-3-7-10/h1-3,6-7,11H,4-5,8-9,14-15H2,(H,17,19). The molecule has 1 unspecified atom stereocenters. The molecule has 19 heavy (non-hydrogen) atoms. The number of hydrogen-bond donors (Lipinski definition) is 3. The van der Waals surface area contributed by atoms with E-state index in [1.807, 2.05) is 30.3 Å². The summed E-state index contributed by atoms with van der Waals surface area (Å²) in [5.41, 5.74) is 12.1. The minimum atomic E-state index is -0.272. The Morgan fingerprint density at radius 2 is 2.00 bits per heavy atom. The lowest BCUT2D eigenvalue weighted by atomic mass is 10.1. The molecule has 6 heteroatoms. The molecule has 0 saturated heterocycles. The summed E-state index contributed by atoms with van der Waals surface area (Å²) >= 11 is 0. The quantitative estimate of drug-likeness (QED) is 0.665. The lowest BCUT2D eigenvalue weighted by Crippen LogP contribution is -2.22. The molecular weight excluding hydrogens is 242 g/mol. The smallest absolute Gasteiger partial charge is 0.330 e. The predicted molar refractivity (Wildman–Crippen MR) is 74.0 cm³/mol. The molecule has 2 aromatic rings. The van der Waals surface area contributed by atoms with Gasteiger partial charge in [-0.25, -0.2) is 14.5 Å². The molecule has 0 aliphatic rings. The van der Waals surface area contributed by atoms with Gasteiger partial charge in [0.2, 0.25) is 0 Å². The molecule has 1 aromatic heterocycles. The lowest BCUT2D eigenvalue weighted by Gasteiger charge is -2.12. The molecule has 0 saturated carbocycles. The Hall–Kier alpha value is -1.92. The molecule has 1 atom stereocenters. The monoisotopic (exact) mass is 261 g/mol. The molecule has 0 aliphatic heterocycles. The number of nitrogens with two attached hydrogens (primary N) is 2. The summed E-state index contributed by atoms with van der Waals surface area (Å²) in [7, 11) is 0. The topological polar surface area (TPSA) is 103 Å². The van der Waals surface area contributed by atoms with Crippen molar-refractivity contribution >= 4 is 0 Å². The second kappa shape index (κ2) is 6.31. The normalized spacial score (nSPS) is 12.5. The molecule has 2 rings (SSSR count). The Morgan fingerprint density at radius 3 is 2.68 bits per heavy atom. The van der Waals surface area contributed by atoms with E-state index in [-0.39, 0.29) is 11.7 Å². The number of para-hydroxylation sites is 1. The maximum atomic E-state index is 11.8. The third-order valence-corrected chi connectivity index (χ3v) is 3.01. The third-order valence-electron chi connectivity index (χ3n) is 3.01. The zero-order valence-corrected chi connectivity index (χ0v) is 10.7. The van der Waals surface area contributed by atoms with Crippen molar-refractivity contribution in [2.75, 3.05) is 6.54 Å². The summed E-state index contributed by atoms with van der Waals surface area (Å²) in [4.78, 5) is 11.8. The summed E-state index contributed by atoms with van der Waals surface area (Å²) in [5, 5.41) is 6.50. The fraction of sp³-hybridized carbons (Fsp3) is 0.385. The van der Waals surface area contributed by atoms with Gasteiger partial charge in [0.15, 0.2) is 5.82 Å². The molecule has 0 spiro atoms. The van der Waals surface area contributed by atoms with Crippen molar-refractivity contribution in [3.63, 3.8) is 0 Å². The Labute approximate surface area is 111 Å². The van der Waals surface area contributed by atoms with E-state index in [1.54, 1.807) is 0 Å². The Kier molecular flexibility index (Phi) is 4.48. The first kappa shape index (κ1) is 13.5. The molecule has 6 nitrogen and oxygen atoms in total. The van der Waals surface area contributed by atoms with E-state index in [0.717, 1.165) is 24.9 Å². The molecule has 0 amide bonds. The van der Waals surface area contributed by atoms with Crippen LogP contribution in [-0.4, -0.2) is 21.3 Å². The molecule has 0 aliphatic carbocycles. The summed E-state index contributed by atoms with van der Waals surface area (Å²) in [6.45, 7) is 0.652. The molecule has 1 aromatic carbocycles. The van der Waals surface area contributed by atoms with Gasteiger partial charge in [0.25, 0.3) is 0 Å². The maximum Gasteiger partial charge on any atom is 0.347 e. The van der Waals surface area contributed by atoms with Crippen LogP contribution in [0.4, 0.5) is 0 Å². The average Bonchev–Trinajstić information content (AvgIpc) is 2.82. The van der Waals surface area contributed by atoms with Gasteiger partial charge in [-0.1, -0.05) is 24.6 Å². The molecule has 0 radical (unpaired) electrons. The van der Waals surface area contributed by atoms with Crippen LogP contribution in [0.1, 0.15) is 31.1 Å². The van der Waals surface area contributed by atoms with Crippen LogP contribution >= 0.6 is 0 Å². The number of nitrogens with one attached hydrogen (secondary N) is 1. The van der Waals surface area contributed by atoms with Crippen LogP contribution in [0, 0.1) is 0 Å². The van der Waals surface area contributed by atoms with E-state index in [1.165, 1.54) is 4.57 Å². The number of unbranched alkanes of at least 4 members (excludes halogenated alkanes) is 1. The zero-order chi connectivity index (χ0) is 13.7. The van der Waals surface area contributed by atoms with E-state index in [2.05, 4.69) is 10.2 Å². The van der Waals surface area contributed by atoms with Gasteiger partial charge in [-0.2, -0.15) is 5.10 Å². The van der Waals surface area contributed by atoms with Gasteiger partial charge in [0, 0.05) is 0 Å². The highest BCUT2D eigenvalue weighted by Crippen LogP contribution is 2.16. The Morgan fingerprint density at radius 1 is 1.26 bits per heavy atom. The van der Waals surface area contributed by atoms with Crippen molar-refractivity contribution in [1.82, 2.24) is 14.8 Å².